The van der Waals surface area contributed by atoms with E-state index >= 15 is 0 Å². The molecule has 0 amide bonds. The Morgan fingerprint density at radius 2 is 2.06 bits per heavy atom. The molecule has 0 radical (unpaired) electrons. The zero-order chi connectivity index (χ0) is 12.8. The molecule has 0 heterocycles. The van der Waals surface area contributed by atoms with Crippen molar-refractivity contribution in [2.75, 3.05) is 12.3 Å². The first-order chi connectivity index (χ1) is 8.04. The summed E-state index contributed by atoms with van der Waals surface area (Å²) in [7, 11) is -0.908. The van der Waals surface area contributed by atoms with E-state index in [0.29, 0.717) is 17.7 Å². The van der Waals surface area contributed by atoms with Gasteiger partial charge in [0.1, 0.15) is 0 Å². The molecule has 0 saturated heterocycles. The Labute approximate surface area is 107 Å². The van der Waals surface area contributed by atoms with Crippen molar-refractivity contribution in [3.05, 3.63) is 29.8 Å². The summed E-state index contributed by atoms with van der Waals surface area (Å²) in [5.41, 5.74) is 1.17. The minimum absolute atomic E-state index is 0.321. The number of aryl methyl sites for hydroxylation is 1. The Bertz CT molecular complexity index is 376. The molecule has 1 aromatic carbocycles. The molecular formula is C14H23NOS. The molecule has 0 aromatic heterocycles. The van der Waals surface area contributed by atoms with Crippen LogP contribution in [0.25, 0.3) is 0 Å². The maximum absolute atomic E-state index is 12.3. The van der Waals surface area contributed by atoms with E-state index in [1.165, 1.54) is 5.56 Å². The first-order valence-electron chi connectivity index (χ1n) is 6.23. The molecule has 3 heteroatoms. The van der Waals surface area contributed by atoms with E-state index in [2.05, 4.69) is 26.1 Å². The molecule has 96 valence electrons. The summed E-state index contributed by atoms with van der Waals surface area (Å²) in [6.45, 7) is 9.38. The van der Waals surface area contributed by atoms with Gasteiger partial charge in [-0.05, 0) is 37.1 Å². The molecule has 2 atom stereocenters. The third-order valence-electron chi connectivity index (χ3n) is 2.85. The van der Waals surface area contributed by atoms with E-state index in [1.54, 1.807) is 0 Å². The Morgan fingerprint density at radius 3 is 2.59 bits per heavy atom. The van der Waals surface area contributed by atoms with Gasteiger partial charge in [-0.25, -0.2) is 0 Å². The van der Waals surface area contributed by atoms with Gasteiger partial charge in [-0.2, -0.15) is 0 Å². The normalized spacial score (nSPS) is 14.9. The van der Waals surface area contributed by atoms with Gasteiger partial charge < -0.3 is 5.32 Å². The minimum Gasteiger partial charge on any atom is -0.313 e. The third kappa shape index (κ3) is 4.60. The van der Waals surface area contributed by atoms with Crippen LogP contribution in [0.5, 0.6) is 0 Å². The molecule has 0 bridgehead atoms. The highest BCUT2D eigenvalue weighted by Gasteiger charge is 2.16. The summed E-state index contributed by atoms with van der Waals surface area (Å²) < 4.78 is 12.3. The van der Waals surface area contributed by atoms with Crippen LogP contribution in [0, 0.1) is 12.8 Å². The van der Waals surface area contributed by atoms with Crippen LogP contribution >= 0.6 is 0 Å². The summed E-state index contributed by atoms with van der Waals surface area (Å²) in [6, 6.07) is 8.29. The van der Waals surface area contributed by atoms with Crippen molar-refractivity contribution in [3.63, 3.8) is 0 Å². The van der Waals surface area contributed by atoms with Crippen molar-refractivity contribution in [2.45, 2.75) is 38.6 Å². The summed E-state index contributed by atoms with van der Waals surface area (Å²) in [6.07, 6.45) is 0. The highest BCUT2D eigenvalue weighted by molar-refractivity contribution is 7.85. The second kappa shape index (κ2) is 6.92. The Hall–Kier alpha value is -0.670. The average Bonchev–Trinajstić information content (AvgIpc) is 2.28. The predicted molar refractivity (Wildman–Crippen MR) is 74.8 cm³/mol. The lowest BCUT2D eigenvalue weighted by Gasteiger charge is -2.21. The van der Waals surface area contributed by atoms with Crippen molar-refractivity contribution in [1.82, 2.24) is 5.32 Å². The van der Waals surface area contributed by atoms with E-state index < -0.39 is 10.8 Å². The summed E-state index contributed by atoms with van der Waals surface area (Å²) in [5.74, 6) is 1.19. The van der Waals surface area contributed by atoms with Crippen LogP contribution < -0.4 is 5.32 Å². The van der Waals surface area contributed by atoms with E-state index in [9.17, 15) is 4.21 Å². The van der Waals surface area contributed by atoms with Crippen molar-refractivity contribution < 1.29 is 4.21 Å². The zero-order valence-electron chi connectivity index (χ0n) is 11.2. The van der Waals surface area contributed by atoms with Gasteiger partial charge in [0.15, 0.2) is 0 Å². The first-order valence-corrected chi connectivity index (χ1v) is 7.55. The highest BCUT2D eigenvalue weighted by Crippen LogP contribution is 2.12. The van der Waals surface area contributed by atoms with Crippen LogP contribution in [-0.4, -0.2) is 22.5 Å². The fraction of sp³-hybridized carbons (Fsp3) is 0.571. The Balaban J connectivity index is 2.70. The topological polar surface area (TPSA) is 29.1 Å². The van der Waals surface area contributed by atoms with E-state index in [-0.39, 0.29) is 0 Å². The number of nitrogens with one attached hydrogen (secondary N) is 1. The molecule has 0 spiro atoms. The van der Waals surface area contributed by atoms with Crippen LogP contribution in [0.1, 0.15) is 26.3 Å². The molecule has 1 N–H and O–H groups in total. The highest BCUT2D eigenvalue weighted by atomic mass is 32.2. The predicted octanol–water partition coefficient (Wildman–Crippen LogP) is 2.74. The number of rotatable bonds is 6. The van der Waals surface area contributed by atoms with Crippen molar-refractivity contribution in [1.29, 1.82) is 0 Å². The molecule has 2 nitrogen and oxygen atoms in total. The van der Waals surface area contributed by atoms with Gasteiger partial charge in [0, 0.05) is 16.7 Å². The van der Waals surface area contributed by atoms with Gasteiger partial charge in [-0.3, -0.25) is 4.21 Å². The van der Waals surface area contributed by atoms with Crippen molar-refractivity contribution >= 4 is 10.8 Å². The van der Waals surface area contributed by atoms with Crippen LogP contribution in [-0.2, 0) is 10.8 Å². The van der Waals surface area contributed by atoms with Crippen molar-refractivity contribution in [3.8, 4) is 0 Å². The quantitative estimate of drug-likeness (QED) is 0.844. The molecule has 1 rings (SSSR count). The van der Waals surface area contributed by atoms with Gasteiger partial charge in [0.25, 0.3) is 0 Å². The van der Waals surface area contributed by atoms with Crippen LogP contribution in [0.4, 0.5) is 0 Å². The summed E-state index contributed by atoms with van der Waals surface area (Å²) in [4.78, 5) is 0.938. The minimum atomic E-state index is -0.908. The Kier molecular flexibility index (Phi) is 5.86. The second-order valence-corrected chi connectivity index (χ2v) is 6.23. The van der Waals surface area contributed by atoms with Gasteiger partial charge in [-0.1, -0.05) is 32.9 Å². The third-order valence-corrected chi connectivity index (χ3v) is 4.30. The largest absolute Gasteiger partial charge is 0.313 e. The van der Waals surface area contributed by atoms with Crippen LogP contribution in [0.15, 0.2) is 29.2 Å². The van der Waals surface area contributed by atoms with E-state index in [1.807, 2.05) is 31.2 Å². The van der Waals surface area contributed by atoms with Gasteiger partial charge in [0.2, 0.25) is 0 Å². The smallest absolute Gasteiger partial charge is 0.0545 e. The van der Waals surface area contributed by atoms with Crippen LogP contribution in [0.2, 0.25) is 0 Å². The standard InChI is InChI=1S/C14H23NOS/c1-5-15-14(11(2)3)10-17(16)13-8-6-7-12(4)9-13/h6-9,11,14-15H,5,10H2,1-4H3. The molecule has 0 aliphatic carbocycles. The molecular weight excluding hydrogens is 230 g/mol. The maximum Gasteiger partial charge on any atom is 0.0545 e. The molecule has 17 heavy (non-hydrogen) atoms. The average molecular weight is 253 g/mol. The lowest BCUT2D eigenvalue weighted by molar-refractivity contribution is 0.440. The van der Waals surface area contributed by atoms with E-state index in [0.717, 1.165) is 11.4 Å². The summed E-state index contributed by atoms with van der Waals surface area (Å²) >= 11 is 0. The lowest BCUT2D eigenvalue weighted by atomic mass is 10.1. The van der Waals surface area contributed by atoms with Gasteiger partial charge >= 0.3 is 0 Å². The maximum atomic E-state index is 12.3. The molecule has 1 aromatic rings. The molecule has 0 fully saturated rings. The summed E-state index contributed by atoms with van der Waals surface area (Å²) in [5, 5.41) is 3.40. The van der Waals surface area contributed by atoms with Gasteiger partial charge in [0.05, 0.1) is 10.8 Å². The molecule has 0 aliphatic rings. The first kappa shape index (κ1) is 14.4. The molecule has 2 unspecified atom stereocenters. The fourth-order valence-electron chi connectivity index (χ4n) is 1.77. The fourth-order valence-corrected chi connectivity index (χ4v) is 3.33. The molecule has 0 saturated carbocycles. The monoisotopic (exact) mass is 253 g/mol. The number of hydrogen-bond donors (Lipinski definition) is 1. The SMILES string of the molecule is CCNC(CS(=O)c1cccc(C)c1)C(C)C. The lowest BCUT2D eigenvalue weighted by Crippen LogP contribution is -2.38. The van der Waals surface area contributed by atoms with Gasteiger partial charge in [-0.15, -0.1) is 0 Å². The number of benzene rings is 1. The number of hydrogen-bond acceptors (Lipinski definition) is 2. The molecule has 0 aliphatic heterocycles. The van der Waals surface area contributed by atoms with E-state index in [4.69, 9.17) is 0 Å². The Morgan fingerprint density at radius 1 is 1.35 bits per heavy atom. The second-order valence-electron chi connectivity index (χ2n) is 4.74. The van der Waals surface area contributed by atoms with Crippen molar-refractivity contribution in [2.24, 2.45) is 5.92 Å². The van der Waals surface area contributed by atoms with Crippen LogP contribution in [0.3, 0.4) is 0 Å². The zero-order valence-corrected chi connectivity index (χ0v) is 12.0.